The van der Waals surface area contributed by atoms with Crippen molar-refractivity contribution in [2.75, 3.05) is 0 Å². The molecule has 0 aliphatic heterocycles. The Labute approximate surface area is 75.2 Å². The minimum atomic E-state index is -1.31. The van der Waals surface area contributed by atoms with Gasteiger partial charge >= 0.3 is 0 Å². The van der Waals surface area contributed by atoms with Crippen molar-refractivity contribution in [2.24, 2.45) is 0 Å². The Morgan fingerprint density at radius 2 is 1.83 bits per heavy atom. The van der Waals surface area contributed by atoms with Crippen molar-refractivity contribution >= 4 is 11.1 Å². The van der Waals surface area contributed by atoms with Gasteiger partial charge in [0.1, 0.15) is 0 Å². The van der Waals surface area contributed by atoms with Gasteiger partial charge in [-0.1, -0.05) is 18.2 Å². The van der Waals surface area contributed by atoms with E-state index in [4.69, 9.17) is 4.18 Å². The van der Waals surface area contributed by atoms with Crippen LogP contribution in [-0.2, 0) is 15.3 Å². The van der Waals surface area contributed by atoms with Gasteiger partial charge in [-0.3, -0.25) is 4.18 Å². The van der Waals surface area contributed by atoms with E-state index >= 15 is 0 Å². The Balaban J connectivity index is 2.66. The van der Waals surface area contributed by atoms with Crippen molar-refractivity contribution < 1.29 is 8.39 Å². The Bertz CT molecular complexity index is 256. The van der Waals surface area contributed by atoms with Crippen LogP contribution >= 0.6 is 0 Å². The predicted octanol–water partition coefficient (Wildman–Crippen LogP) is 2.13. The topological polar surface area (TPSA) is 26.3 Å². The molecule has 12 heavy (non-hydrogen) atoms. The summed E-state index contributed by atoms with van der Waals surface area (Å²) in [7, 11) is 0. The first-order valence-corrected chi connectivity index (χ1v) is 4.91. The molecule has 66 valence electrons. The van der Waals surface area contributed by atoms with Gasteiger partial charge in [0, 0.05) is 0 Å². The maximum atomic E-state index is 11.3. The second-order valence-corrected chi connectivity index (χ2v) is 3.83. The van der Waals surface area contributed by atoms with Crippen molar-refractivity contribution in [2.45, 2.75) is 24.8 Å². The van der Waals surface area contributed by atoms with Gasteiger partial charge in [-0.15, -0.1) is 0 Å². The van der Waals surface area contributed by atoms with Gasteiger partial charge in [0.25, 0.3) is 0 Å². The number of hydrogen-bond acceptors (Lipinski definition) is 2. The summed E-state index contributed by atoms with van der Waals surface area (Å²) in [5.41, 5.74) is 0. The van der Waals surface area contributed by atoms with Gasteiger partial charge < -0.3 is 0 Å². The summed E-state index contributed by atoms with van der Waals surface area (Å²) in [6, 6.07) is 9.15. The molecule has 2 nitrogen and oxygen atoms in total. The molecule has 1 rings (SSSR count). The lowest BCUT2D eigenvalue weighted by atomic mass is 10.4. The number of hydrogen-bond donors (Lipinski definition) is 0. The lowest BCUT2D eigenvalue weighted by molar-refractivity contribution is 0.270. The van der Waals surface area contributed by atoms with Crippen LogP contribution in [0.4, 0.5) is 0 Å². The normalized spacial score (nSPS) is 13.2. The molecule has 0 aromatic heterocycles. The Kier molecular flexibility index (Phi) is 3.44. The summed E-state index contributed by atoms with van der Waals surface area (Å²) >= 11 is -1.31. The third-order valence-corrected chi connectivity index (χ3v) is 2.43. The highest BCUT2D eigenvalue weighted by Crippen LogP contribution is 2.08. The van der Waals surface area contributed by atoms with Gasteiger partial charge in [-0.05, 0) is 26.0 Å². The first-order chi connectivity index (χ1) is 5.70. The first-order valence-electron chi connectivity index (χ1n) is 3.84. The number of benzene rings is 1. The molecule has 1 aromatic carbocycles. The van der Waals surface area contributed by atoms with Crippen LogP contribution in [0, 0.1) is 0 Å². The zero-order valence-corrected chi connectivity index (χ0v) is 8.01. The fraction of sp³-hybridized carbons (Fsp3) is 0.333. The molecule has 0 aliphatic rings. The van der Waals surface area contributed by atoms with Crippen molar-refractivity contribution in [3.05, 3.63) is 30.3 Å². The molecule has 0 bridgehead atoms. The summed E-state index contributed by atoms with van der Waals surface area (Å²) in [5, 5.41) is 0. The van der Waals surface area contributed by atoms with E-state index in [-0.39, 0.29) is 6.10 Å². The molecule has 1 aromatic rings. The van der Waals surface area contributed by atoms with Crippen LogP contribution < -0.4 is 0 Å². The molecular weight excluding hydrogens is 172 g/mol. The van der Waals surface area contributed by atoms with Crippen LogP contribution in [0.1, 0.15) is 13.8 Å². The van der Waals surface area contributed by atoms with Crippen LogP contribution in [0.2, 0.25) is 0 Å². The van der Waals surface area contributed by atoms with E-state index in [2.05, 4.69) is 0 Å². The molecule has 0 heterocycles. The van der Waals surface area contributed by atoms with Gasteiger partial charge in [0.15, 0.2) is 11.1 Å². The van der Waals surface area contributed by atoms with E-state index in [0.29, 0.717) is 4.90 Å². The SMILES string of the molecule is CC(C)OS(=O)c1ccccc1. The van der Waals surface area contributed by atoms with E-state index in [1.165, 1.54) is 0 Å². The third-order valence-electron chi connectivity index (χ3n) is 1.22. The second kappa shape index (κ2) is 4.38. The van der Waals surface area contributed by atoms with Crippen LogP contribution in [0.25, 0.3) is 0 Å². The van der Waals surface area contributed by atoms with Crippen LogP contribution in [0.5, 0.6) is 0 Å². The molecule has 0 fully saturated rings. The lowest BCUT2D eigenvalue weighted by Gasteiger charge is -2.05. The first kappa shape index (κ1) is 9.42. The smallest absolute Gasteiger partial charge is 0.189 e. The fourth-order valence-electron chi connectivity index (χ4n) is 0.762. The molecule has 0 radical (unpaired) electrons. The largest absolute Gasteiger partial charge is 0.284 e. The zero-order chi connectivity index (χ0) is 8.97. The van der Waals surface area contributed by atoms with Gasteiger partial charge in [0.2, 0.25) is 0 Å². The van der Waals surface area contributed by atoms with Crippen molar-refractivity contribution in [3.63, 3.8) is 0 Å². The van der Waals surface area contributed by atoms with Gasteiger partial charge in [-0.25, -0.2) is 4.21 Å². The Hall–Kier alpha value is -0.670. The minimum absolute atomic E-state index is 0.00830. The van der Waals surface area contributed by atoms with Crippen molar-refractivity contribution in [1.82, 2.24) is 0 Å². The highest BCUT2D eigenvalue weighted by molar-refractivity contribution is 7.80. The third kappa shape index (κ3) is 2.75. The van der Waals surface area contributed by atoms with Crippen LogP contribution in [0.15, 0.2) is 35.2 Å². The molecule has 0 N–H and O–H groups in total. The molecular formula is C9H12O2S. The average Bonchev–Trinajstić information content (AvgIpc) is 2.05. The second-order valence-electron chi connectivity index (χ2n) is 2.69. The van der Waals surface area contributed by atoms with E-state index < -0.39 is 11.1 Å². The lowest BCUT2D eigenvalue weighted by Crippen LogP contribution is -2.05. The summed E-state index contributed by atoms with van der Waals surface area (Å²) in [6.07, 6.45) is -0.00830. The molecule has 0 saturated heterocycles. The predicted molar refractivity (Wildman–Crippen MR) is 49.1 cm³/mol. The summed E-state index contributed by atoms with van der Waals surface area (Å²) in [6.45, 7) is 3.72. The van der Waals surface area contributed by atoms with Crippen LogP contribution in [0.3, 0.4) is 0 Å². The molecule has 0 aliphatic carbocycles. The van der Waals surface area contributed by atoms with Crippen LogP contribution in [-0.4, -0.2) is 10.3 Å². The quantitative estimate of drug-likeness (QED) is 0.719. The summed E-state index contributed by atoms with van der Waals surface area (Å²) in [5.74, 6) is 0. The average molecular weight is 184 g/mol. The molecule has 0 amide bonds. The molecule has 1 unspecified atom stereocenters. The van der Waals surface area contributed by atoms with E-state index in [0.717, 1.165) is 0 Å². The Morgan fingerprint density at radius 1 is 1.25 bits per heavy atom. The molecule has 3 heteroatoms. The molecule has 0 spiro atoms. The monoisotopic (exact) mass is 184 g/mol. The minimum Gasteiger partial charge on any atom is -0.284 e. The molecule has 1 atom stereocenters. The highest BCUT2D eigenvalue weighted by Gasteiger charge is 2.04. The maximum Gasteiger partial charge on any atom is 0.189 e. The fourth-order valence-corrected chi connectivity index (χ4v) is 1.60. The number of rotatable bonds is 3. The maximum absolute atomic E-state index is 11.3. The Morgan fingerprint density at radius 3 is 2.33 bits per heavy atom. The van der Waals surface area contributed by atoms with Gasteiger partial charge in [0.05, 0.1) is 11.0 Å². The van der Waals surface area contributed by atoms with E-state index in [1.807, 2.05) is 32.0 Å². The summed E-state index contributed by atoms with van der Waals surface area (Å²) < 4.78 is 16.5. The van der Waals surface area contributed by atoms with Crippen molar-refractivity contribution in [1.29, 1.82) is 0 Å². The molecule has 0 saturated carbocycles. The standard InChI is InChI=1S/C9H12O2S/c1-8(2)11-12(10)9-6-4-3-5-7-9/h3-8H,1-2H3. The van der Waals surface area contributed by atoms with E-state index in [1.54, 1.807) is 12.1 Å². The van der Waals surface area contributed by atoms with Gasteiger partial charge in [-0.2, -0.15) is 0 Å². The summed E-state index contributed by atoms with van der Waals surface area (Å²) in [4.78, 5) is 0.714. The highest BCUT2D eigenvalue weighted by atomic mass is 32.2. The van der Waals surface area contributed by atoms with E-state index in [9.17, 15) is 4.21 Å². The zero-order valence-electron chi connectivity index (χ0n) is 7.19. The van der Waals surface area contributed by atoms with Crippen molar-refractivity contribution in [3.8, 4) is 0 Å².